The monoisotopic (exact) mass is 369 g/mol. The zero-order valence-electron chi connectivity index (χ0n) is 14.4. The molecule has 1 amide bonds. The molecule has 0 unspecified atom stereocenters. The Kier molecular flexibility index (Phi) is 5.17. The van der Waals surface area contributed by atoms with Gasteiger partial charge in [-0.05, 0) is 24.6 Å². The molecule has 2 heterocycles. The quantitative estimate of drug-likeness (QED) is 0.755. The first-order chi connectivity index (χ1) is 13.0. The molecular weight excluding hydrogens is 353 g/mol. The number of methoxy groups -OCH3 is 1. The van der Waals surface area contributed by atoms with Crippen molar-refractivity contribution in [2.45, 2.75) is 6.42 Å². The second-order valence-electron chi connectivity index (χ2n) is 5.67. The molecule has 0 aliphatic carbocycles. The SMILES string of the molecule is COc1ncc(F)cc1-c1c(C#N)ccc(O)c1C(=O)NC1=NCCCN1. The molecule has 0 saturated heterocycles. The normalized spacial score (nSPS) is 13.1. The summed E-state index contributed by atoms with van der Waals surface area (Å²) in [5, 5.41) is 25.3. The number of aromatic hydroxyl groups is 1. The van der Waals surface area contributed by atoms with E-state index >= 15 is 0 Å². The third-order valence-corrected chi connectivity index (χ3v) is 3.94. The number of amides is 1. The molecule has 0 saturated carbocycles. The van der Waals surface area contributed by atoms with E-state index in [4.69, 9.17) is 4.74 Å². The lowest BCUT2D eigenvalue weighted by Crippen LogP contribution is -2.43. The van der Waals surface area contributed by atoms with Crippen LogP contribution in [0.2, 0.25) is 0 Å². The number of benzene rings is 1. The van der Waals surface area contributed by atoms with Crippen LogP contribution in [0.4, 0.5) is 4.39 Å². The lowest BCUT2D eigenvalue weighted by atomic mass is 9.94. The molecule has 1 aliphatic rings. The fraction of sp³-hybridized carbons (Fsp3) is 0.222. The van der Waals surface area contributed by atoms with Gasteiger partial charge in [0.15, 0.2) is 5.96 Å². The Morgan fingerprint density at radius 1 is 1.48 bits per heavy atom. The van der Waals surface area contributed by atoms with Crippen molar-refractivity contribution in [3.05, 3.63) is 41.3 Å². The van der Waals surface area contributed by atoms with Gasteiger partial charge in [-0.1, -0.05) is 0 Å². The summed E-state index contributed by atoms with van der Waals surface area (Å²) in [6.45, 7) is 1.21. The van der Waals surface area contributed by atoms with Gasteiger partial charge in [0, 0.05) is 24.2 Å². The Balaban J connectivity index is 2.17. The molecule has 2 aromatic rings. The highest BCUT2D eigenvalue weighted by Gasteiger charge is 2.25. The molecule has 1 aromatic heterocycles. The van der Waals surface area contributed by atoms with Crippen LogP contribution in [-0.2, 0) is 0 Å². The van der Waals surface area contributed by atoms with Crippen molar-refractivity contribution in [2.75, 3.05) is 20.2 Å². The van der Waals surface area contributed by atoms with Crippen molar-refractivity contribution in [3.63, 3.8) is 0 Å². The van der Waals surface area contributed by atoms with Crippen LogP contribution >= 0.6 is 0 Å². The molecule has 0 atom stereocenters. The molecule has 0 radical (unpaired) electrons. The molecule has 0 bridgehead atoms. The molecular formula is C18H16FN5O3. The topological polar surface area (TPSA) is 120 Å². The second-order valence-corrected chi connectivity index (χ2v) is 5.67. The average molecular weight is 369 g/mol. The highest BCUT2D eigenvalue weighted by molar-refractivity contribution is 6.11. The van der Waals surface area contributed by atoms with E-state index in [9.17, 15) is 19.6 Å². The van der Waals surface area contributed by atoms with Gasteiger partial charge < -0.3 is 15.2 Å². The van der Waals surface area contributed by atoms with Crippen LogP contribution in [0.1, 0.15) is 22.3 Å². The maximum atomic E-state index is 13.8. The van der Waals surface area contributed by atoms with Crippen LogP contribution in [0.5, 0.6) is 11.6 Å². The number of halogens is 1. The van der Waals surface area contributed by atoms with Crippen LogP contribution in [0, 0.1) is 17.1 Å². The van der Waals surface area contributed by atoms with Gasteiger partial charge in [0.1, 0.15) is 11.6 Å². The summed E-state index contributed by atoms with van der Waals surface area (Å²) in [4.78, 5) is 20.8. The Labute approximate surface area is 154 Å². The zero-order valence-corrected chi connectivity index (χ0v) is 14.4. The number of nitriles is 1. The number of ether oxygens (including phenoxy) is 1. The van der Waals surface area contributed by atoms with Crippen LogP contribution < -0.4 is 15.4 Å². The summed E-state index contributed by atoms with van der Waals surface area (Å²) in [7, 11) is 1.33. The number of aliphatic imine (C=N–C) groups is 1. The van der Waals surface area contributed by atoms with E-state index in [-0.39, 0.29) is 39.8 Å². The molecule has 0 fully saturated rings. The van der Waals surface area contributed by atoms with Gasteiger partial charge in [-0.25, -0.2) is 9.37 Å². The molecule has 27 heavy (non-hydrogen) atoms. The molecule has 0 spiro atoms. The molecule has 3 N–H and O–H groups in total. The van der Waals surface area contributed by atoms with Crippen molar-refractivity contribution in [2.24, 2.45) is 4.99 Å². The average Bonchev–Trinajstić information content (AvgIpc) is 2.68. The third-order valence-electron chi connectivity index (χ3n) is 3.94. The zero-order chi connectivity index (χ0) is 19.4. The van der Waals surface area contributed by atoms with Gasteiger partial charge in [0.25, 0.3) is 5.91 Å². The number of hydrogen-bond donors (Lipinski definition) is 3. The fourth-order valence-corrected chi connectivity index (χ4v) is 2.75. The molecule has 9 heteroatoms. The summed E-state index contributed by atoms with van der Waals surface area (Å²) >= 11 is 0. The van der Waals surface area contributed by atoms with Gasteiger partial charge in [0.2, 0.25) is 5.88 Å². The van der Waals surface area contributed by atoms with Crippen molar-refractivity contribution < 1.29 is 19.0 Å². The molecule has 1 aliphatic heterocycles. The maximum Gasteiger partial charge on any atom is 0.262 e. The lowest BCUT2D eigenvalue weighted by Gasteiger charge is -2.18. The minimum absolute atomic E-state index is 0.0145. The van der Waals surface area contributed by atoms with Gasteiger partial charge in [-0.2, -0.15) is 5.26 Å². The third kappa shape index (κ3) is 3.64. The van der Waals surface area contributed by atoms with Gasteiger partial charge >= 0.3 is 0 Å². The van der Waals surface area contributed by atoms with E-state index in [2.05, 4.69) is 20.6 Å². The number of carbonyl (C=O) groups is 1. The highest BCUT2D eigenvalue weighted by atomic mass is 19.1. The molecule has 138 valence electrons. The number of guanidine groups is 1. The summed E-state index contributed by atoms with van der Waals surface area (Å²) in [5.41, 5.74) is -0.0408. The standard InChI is InChI=1S/C18H16FN5O3/c1-27-17-12(7-11(19)9-23-17)14-10(8-20)3-4-13(25)15(14)16(26)24-18-21-5-2-6-22-18/h3-4,7,9,25H,2,5-6H2,1H3,(H2,21,22,24,26). The van der Waals surface area contributed by atoms with Crippen LogP contribution in [0.25, 0.3) is 11.1 Å². The molecule has 3 rings (SSSR count). The van der Waals surface area contributed by atoms with Crippen molar-refractivity contribution in [1.82, 2.24) is 15.6 Å². The number of nitrogens with one attached hydrogen (secondary N) is 2. The summed E-state index contributed by atoms with van der Waals surface area (Å²) in [5.74, 6) is -1.46. The van der Waals surface area contributed by atoms with E-state index in [1.165, 1.54) is 19.2 Å². The van der Waals surface area contributed by atoms with E-state index in [1.807, 2.05) is 6.07 Å². The fourth-order valence-electron chi connectivity index (χ4n) is 2.75. The number of phenolic OH excluding ortho intramolecular Hbond substituents is 1. The Morgan fingerprint density at radius 2 is 2.30 bits per heavy atom. The van der Waals surface area contributed by atoms with Crippen molar-refractivity contribution >= 4 is 11.9 Å². The number of rotatable bonds is 3. The largest absolute Gasteiger partial charge is 0.507 e. The number of hydrogen-bond acceptors (Lipinski definition) is 7. The summed E-state index contributed by atoms with van der Waals surface area (Å²) < 4.78 is 19.0. The second kappa shape index (κ2) is 7.70. The van der Waals surface area contributed by atoms with E-state index in [1.54, 1.807) is 0 Å². The Morgan fingerprint density at radius 3 is 2.96 bits per heavy atom. The van der Waals surface area contributed by atoms with Crippen LogP contribution in [-0.4, -0.2) is 42.2 Å². The van der Waals surface area contributed by atoms with E-state index in [0.717, 1.165) is 18.7 Å². The van der Waals surface area contributed by atoms with Gasteiger partial charge in [0.05, 0.1) is 30.5 Å². The predicted octanol–water partition coefficient (Wildman–Crippen LogP) is 1.55. The maximum absolute atomic E-state index is 13.8. The number of aromatic nitrogens is 1. The number of phenols is 1. The minimum Gasteiger partial charge on any atom is -0.507 e. The van der Waals surface area contributed by atoms with Crippen LogP contribution in [0.3, 0.4) is 0 Å². The van der Waals surface area contributed by atoms with Crippen molar-refractivity contribution in [3.8, 4) is 28.8 Å². The predicted molar refractivity (Wildman–Crippen MR) is 95.0 cm³/mol. The van der Waals surface area contributed by atoms with Gasteiger partial charge in [-0.3, -0.25) is 15.1 Å². The van der Waals surface area contributed by atoms with Crippen LogP contribution in [0.15, 0.2) is 29.4 Å². The first kappa shape index (κ1) is 18.1. The first-order valence-electron chi connectivity index (χ1n) is 8.10. The summed E-state index contributed by atoms with van der Waals surface area (Å²) in [6.07, 6.45) is 1.80. The van der Waals surface area contributed by atoms with Gasteiger partial charge in [-0.15, -0.1) is 0 Å². The first-order valence-corrected chi connectivity index (χ1v) is 8.10. The molecule has 8 nitrogen and oxygen atoms in total. The Bertz CT molecular complexity index is 968. The summed E-state index contributed by atoms with van der Waals surface area (Å²) in [6, 6.07) is 5.60. The van der Waals surface area contributed by atoms with Crippen molar-refractivity contribution in [1.29, 1.82) is 5.26 Å². The molecule has 1 aromatic carbocycles. The minimum atomic E-state index is -0.695. The van der Waals surface area contributed by atoms with E-state index in [0.29, 0.717) is 13.1 Å². The lowest BCUT2D eigenvalue weighted by molar-refractivity contribution is 0.0973. The van der Waals surface area contributed by atoms with E-state index < -0.39 is 11.7 Å². The smallest absolute Gasteiger partial charge is 0.262 e. The number of carbonyl (C=O) groups excluding carboxylic acids is 1. The Hall–Kier alpha value is -3.67. The highest BCUT2D eigenvalue weighted by Crippen LogP contribution is 2.37. The number of pyridine rings is 1. The number of nitrogens with zero attached hydrogens (tertiary/aromatic N) is 3.